The molecule has 3 N–H and O–H groups in total. The minimum atomic E-state index is -0.528. The van der Waals surface area contributed by atoms with Gasteiger partial charge in [-0.1, -0.05) is 6.07 Å². The molecule has 0 bridgehead atoms. The van der Waals surface area contributed by atoms with Crippen molar-refractivity contribution in [3.05, 3.63) is 29.3 Å². The molecule has 110 valence electrons. The second kappa shape index (κ2) is 6.72. The third kappa shape index (κ3) is 3.49. The number of benzene rings is 1. The van der Waals surface area contributed by atoms with Gasteiger partial charge in [0.15, 0.2) is 6.10 Å². The van der Waals surface area contributed by atoms with Crippen LogP contribution in [0.4, 0.5) is 0 Å². The average molecular weight is 278 g/mol. The molecule has 0 radical (unpaired) electrons. The summed E-state index contributed by atoms with van der Waals surface area (Å²) in [7, 11) is 1.60. The van der Waals surface area contributed by atoms with Crippen molar-refractivity contribution < 1.29 is 14.3 Å². The van der Waals surface area contributed by atoms with E-state index in [1.165, 1.54) is 11.1 Å². The van der Waals surface area contributed by atoms with E-state index in [9.17, 15) is 4.79 Å². The fourth-order valence-corrected chi connectivity index (χ4v) is 2.38. The summed E-state index contributed by atoms with van der Waals surface area (Å²) in [4.78, 5) is 11.8. The Labute approximate surface area is 119 Å². The average Bonchev–Trinajstić information content (AvgIpc) is 2.80. The number of ether oxygens (including phenoxy) is 2. The molecule has 5 nitrogen and oxygen atoms in total. The van der Waals surface area contributed by atoms with Crippen molar-refractivity contribution in [3.8, 4) is 5.75 Å². The fraction of sp³-hybridized carbons (Fsp3) is 0.533. The molecule has 0 saturated heterocycles. The summed E-state index contributed by atoms with van der Waals surface area (Å²) in [6, 6.07) is 6.00. The molecule has 0 aliphatic heterocycles. The molecule has 1 aliphatic rings. The minimum absolute atomic E-state index is 0.133. The summed E-state index contributed by atoms with van der Waals surface area (Å²) in [6.07, 6.45) is 1.42. The molecule has 1 aromatic carbocycles. The molecule has 1 aliphatic carbocycles. The maximum Gasteiger partial charge on any atom is 0.260 e. The first-order valence-electron chi connectivity index (χ1n) is 6.93. The molecule has 0 saturated carbocycles. The Bertz CT molecular complexity index is 476. The number of rotatable bonds is 6. The van der Waals surface area contributed by atoms with Gasteiger partial charge in [-0.05, 0) is 43.0 Å². The highest BCUT2D eigenvalue weighted by molar-refractivity contribution is 5.80. The maximum atomic E-state index is 11.8. The largest absolute Gasteiger partial charge is 0.481 e. The highest BCUT2D eigenvalue weighted by Gasteiger charge is 2.20. The van der Waals surface area contributed by atoms with Crippen LogP contribution in [0, 0.1) is 0 Å². The van der Waals surface area contributed by atoms with Gasteiger partial charge < -0.3 is 20.5 Å². The zero-order valence-corrected chi connectivity index (χ0v) is 12.0. The summed E-state index contributed by atoms with van der Waals surface area (Å²) in [5, 5.41) is 2.75. The lowest BCUT2D eigenvalue weighted by Gasteiger charge is -2.15. The minimum Gasteiger partial charge on any atom is -0.481 e. The van der Waals surface area contributed by atoms with E-state index in [1.54, 1.807) is 14.0 Å². The quantitative estimate of drug-likeness (QED) is 0.766. The topological polar surface area (TPSA) is 73.6 Å². The molecule has 0 aromatic heterocycles. The van der Waals surface area contributed by atoms with Gasteiger partial charge in [0.05, 0.1) is 6.61 Å². The predicted molar refractivity (Wildman–Crippen MR) is 76.7 cm³/mol. The van der Waals surface area contributed by atoms with Crippen molar-refractivity contribution in [3.63, 3.8) is 0 Å². The van der Waals surface area contributed by atoms with E-state index in [-0.39, 0.29) is 11.9 Å². The molecule has 20 heavy (non-hydrogen) atoms. The number of carbonyl (C=O) groups is 1. The number of nitrogens with one attached hydrogen (secondary N) is 1. The third-order valence-electron chi connectivity index (χ3n) is 3.53. The first-order valence-corrected chi connectivity index (χ1v) is 6.93. The van der Waals surface area contributed by atoms with E-state index in [2.05, 4.69) is 5.32 Å². The lowest BCUT2D eigenvalue weighted by atomic mass is 10.1. The zero-order valence-electron chi connectivity index (χ0n) is 12.0. The van der Waals surface area contributed by atoms with Crippen molar-refractivity contribution in [2.75, 3.05) is 20.3 Å². The molecule has 1 aromatic rings. The van der Waals surface area contributed by atoms with E-state index in [0.29, 0.717) is 18.9 Å². The number of fused-ring (bicyclic) bond motifs is 1. The normalized spacial score (nSPS) is 18.4. The van der Waals surface area contributed by atoms with Crippen LogP contribution < -0.4 is 15.8 Å². The van der Waals surface area contributed by atoms with Crippen molar-refractivity contribution in [1.82, 2.24) is 5.32 Å². The summed E-state index contributed by atoms with van der Waals surface area (Å²) in [5.41, 5.74) is 8.41. The Morgan fingerprint density at radius 2 is 2.35 bits per heavy atom. The van der Waals surface area contributed by atoms with Crippen molar-refractivity contribution in [1.29, 1.82) is 0 Å². The van der Waals surface area contributed by atoms with Gasteiger partial charge in [-0.25, -0.2) is 0 Å². The summed E-state index contributed by atoms with van der Waals surface area (Å²) in [5.74, 6) is 0.575. The highest BCUT2D eigenvalue weighted by atomic mass is 16.5. The van der Waals surface area contributed by atoms with Gasteiger partial charge >= 0.3 is 0 Å². The van der Waals surface area contributed by atoms with Gasteiger partial charge in [-0.2, -0.15) is 0 Å². The van der Waals surface area contributed by atoms with Gasteiger partial charge in [-0.3, -0.25) is 4.79 Å². The molecular weight excluding hydrogens is 256 g/mol. The Hall–Kier alpha value is -1.59. The smallest absolute Gasteiger partial charge is 0.260 e. The van der Waals surface area contributed by atoms with E-state index in [0.717, 1.165) is 12.8 Å². The standard InChI is InChI=1S/C15H22N2O3/c1-10(15(18)17-7-8-19-2)20-12-4-5-13-11(9-12)3-6-14(13)16/h4-5,9-10,14H,3,6-8,16H2,1-2H3,(H,17,18)/t10?,14-/m1/s1. The molecule has 0 spiro atoms. The molecule has 1 unspecified atom stereocenters. The van der Waals surface area contributed by atoms with E-state index in [1.807, 2.05) is 18.2 Å². The first-order chi connectivity index (χ1) is 9.61. The van der Waals surface area contributed by atoms with Crippen molar-refractivity contribution >= 4 is 5.91 Å². The molecule has 5 heteroatoms. The van der Waals surface area contributed by atoms with Crippen LogP contribution in [0.15, 0.2) is 18.2 Å². The van der Waals surface area contributed by atoms with Crippen LogP contribution in [-0.4, -0.2) is 32.3 Å². The number of hydrogen-bond acceptors (Lipinski definition) is 4. The number of carbonyl (C=O) groups excluding carboxylic acids is 1. The molecule has 2 rings (SSSR count). The molecule has 0 fully saturated rings. The zero-order chi connectivity index (χ0) is 14.5. The van der Waals surface area contributed by atoms with Crippen molar-refractivity contribution in [2.24, 2.45) is 5.73 Å². The van der Waals surface area contributed by atoms with Gasteiger partial charge in [0, 0.05) is 19.7 Å². The number of aryl methyl sites for hydroxylation is 1. The van der Waals surface area contributed by atoms with Crippen molar-refractivity contribution in [2.45, 2.75) is 31.9 Å². The molecule has 2 atom stereocenters. The van der Waals surface area contributed by atoms with Crippen LogP contribution in [0.5, 0.6) is 5.75 Å². The van der Waals surface area contributed by atoms with Crippen LogP contribution in [0.1, 0.15) is 30.5 Å². The second-order valence-corrected chi connectivity index (χ2v) is 5.05. The summed E-state index contributed by atoms with van der Waals surface area (Å²) < 4.78 is 10.6. The fourth-order valence-electron chi connectivity index (χ4n) is 2.38. The number of methoxy groups -OCH3 is 1. The van der Waals surface area contributed by atoms with Gasteiger partial charge in [-0.15, -0.1) is 0 Å². The predicted octanol–water partition coefficient (Wildman–Crippen LogP) is 1.16. The molecule has 0 heterocycles. The number of hydrogen-bond donors (Lipinski definition) is 2. The Morgan fingerprint density at radius 1 is 1.55 bits per heavy atom. The van der Waals surface area contributed by atoms with E-state index < -0.39 is 6.10 Å². The number of nitrogens with two attached hydrogens (primary N) is 1. The third-order valence-corrected chi connectivity index (χ3v) is 3.53. The second-order valence-electron chi connectivity index (χ2n) is 5.05. The summed E-state index contributed by atoms with van der Waals surface area (Å²) >= 11 is 0. The Kier molecular flexibility index (Phi) is 4.98. The Morgan fingerprint density at radius 3 is 3.10 bits per heavy atom. The van der Waals surface area contributed by atoms with E-state index in [4.69, 9.17) is 15.2 Å². The first kappa shape index (κ1) is 14.8. The van der Waals surface area contributed by atoms with E-state index >= 15 is 0 Å². The van der Waals surface area contributed by atoms with Crippen LogP contribution in [0.2, 0.25) is 0 Å². The highest BCUT2D eigenvalue weighted by Crippen LogP contribution is 2.32. The summed E-state index contributed by atoms with van der Waals surface area (Å²) in [6.45, 7) is 2.72. The SMILES string of the molecule is COCCNC(=O)C(C)Oc1ccc2c(c1)CC[C@H]2N. The molecule has 1 amide bonds. The van der Waals surface area contributed by atoms with Crippen LogP contribution in [-0.2, 0) is 16.0 Å². The monoisotopic (exact) mass is 278 g/mol. The van der Waals surface area contributed by atoms with Gasteiger partial charge in [0.1, 0.15) is 5.75 Å². The maximum absolute atomic E-state index is 11.8. The Balaban J connectivity index is 1.91. The van der Waals surface area contributed by atoms with Crippen LogP contribution in [0.3, 0.4) is 0 Å². The lowest BCUT2D eigenvalue weighted by Crippen LogP contribution is -2.37. The molecular formula is C15H22N2O3. The van der Waals surface area contributed by atoms with Crippen LogP contribution >= 0.6 is 0 Å². The van der Waals surface area contributed by atoms with Gasteiger partial charge in [0.2, 0.25) is 0 Å². The van der Waals surface area contributed by atoms with Gasteiger partial charge in [0.25, 0.3) is 5.91 Å². The lowest BCUT2D eigenvalue weighted by molar-refractivity contribution is -0.127. The van der Waals surface area contributed by atoms with Crippen LogP contribution in [0.25, 0.3) is 0 Å². The number of amides is 1.